The molecule has 0 aliphatic rings. The second-order valence-corrected chi connectivity index (χ2v) is 4.48. The van der Waals surface area contributed by atoms with Crippen molar-refractivity contribution in [3.05, 3.63) is 35.2 Å². The van der Waals surface area contributed by atoms with Crippen molar-refractivity contribution in [1.29, 1.82) is 0 Å². The second-order valence-electron chi connectivity index (χ2n) is 4.48. The van der Waals surface area contributed by atoms with Gasteiger partial charge in [-0.3, -0.25) is 4.79 Å². The fraction of sp³-hybridized carbons (Fsp3) is 0.286. The molecule has 0 fully saturated rings. The van der Waals surface area contributed by atoms with Gasteiger partial charge in [-0.05, 0) is 26.0 Å². The number of anilines is 2. The number of hydrogen-bond donors (Lipinski definition) is 2. The van der Waals surface area contributed by atoms with Gasteiger partial charge in [0.15, 0.2) is 0 Å². The van der Waals surface area contributed by atoms with E-state index in [0.29, 0.717) is 22.9 Å². The van der Waals surface area contributed by atoms with Crippen molar-refractivity contribution in [2.75, 3.05) is 18.2 Å². The van der Waals surface area contributed by atoms with Crippen LogP contribution in [0.15, 0.2) is 22.7 Å². The van der Waals surface area contributed by atoms with Gasteiger partial charge in [-0.15, -0.1) is 0 Å². The van der Waals surface area contributed by atoms with Crippen LogP contribution >= 0.6 is 0 Å². The maximum absolute atomic E-state index is 12.1. The van der Waals surface area contributed by atoms with Crippen molar-refractivity contribution < 1.29 is 14.1 Å². The monoisotopic (exact) mass is 275 g/mol. The summed E-state index contributed by atoms with van der Waals surface area (Å²) in [6.45, 7) is 3.58. The summed E-state index contributed by atoms with van der Waals surface area (Å²) in [6.07, 6.45) is 0.192. The minimum absolute atomic E-state index is 0.181. The van der Waals surface area contributed by atoms with E-state index in [1.807, 2.05) is 0 Å². The molecule has 20 heavy (non-hydrogen) atoms. The Kier molecular flexibility index (Phi) is 3.93. The van der Waals surface area contributed by atoms with E-state index in [9.17, 15) is 4.79 Å². The molecule has 0 bridgehead atoms. The molecule has 106 valence electrons. The zero-order chi connectivity index (χ0) is 14.7. The molecule has 0 spiro atoms. The number of amides is 1. The van der Waals surface area contributed by atoms with Gasteiger partial charge in [0.2, 0.25) is 5.91 Å². The fourth-order valence-corrected chi connectivity index (χ4v) is 1.88. The van der Waals surface area contributed by atoms with Crippen molar-refractivity contribution in [3.63, 3.8) is 0 Å². The Morgan fingerprint density at radius 3 is 2.80 bits per heavy atom. The van der Waals surface area contributed by atoms with Gasteiger partial charge >= 0.3 is 0 Å². The number of hydrogen-bond acceptors (Lipinski definition) is 5. The number of aromatic nitrogens is 1. The molecule has 0 aliphatic heterocycles. The molecular formula is C14H17N3O3. The average Bonchev–Trinajstić information content (AvgIpc) is 2.73. The van der Waals surface area contributed by atoms with E-state index in [-0.39, 0.29) is 12.3 Å². The van der Waals surface area contributed by atoms with Crippen molar-refractivity contribution in [2.24, 2.45) is 0 Å². The normalized spacial score (nSPS) is 10.3. The highest BCUT2D eigenvalue weighted by Crippen LogP contribution is 2.24. The van der Waals surface area contributed by atoms with E-state index in [2.05, 4.69) is 10.5 Å². The second kappa shape index (κ2) is 5.64. The van der Waals surface area contributed by atoms with Crippen LogP contribution in [-0.4, -0.2) is 18.2 Å². The Labute approximate surface area is 116 Å². The van der Waals surface area contributed by atoms with Crippen LogP contribution in [0.2, 0.25) is 0 Å². The van der Waals surface area contributed by atoms with Crippen LogP contribution in [0.1, 0.15) is 17.0 Å². The van der Waals surface area contributed by atoms with E-state index in [1.54, 1.807) is 39.2 Å². The highest BCUT2D eigenvalue weighted by Gasteiger charge is 2.14. The molecule has 0 unspecified atom stereocenters. The molecule has 1 aromatic carbocycles. The van der Waals surface area contributed by atoms with Crippen LogP contribution in [-0.2, 0) is 11.2 Å². The van der Waals surface area contributed by atoms with Gasteiger partial charge in [0.05, 0.1) is 30.6 Å². The van der Waals surface area contributed by atoms with Gasteiger partial charge in [-0.25, -0.2) is 0 Å². The molecule has 6 nitrogen and oxygen atoms in total. The molecule has 0 saturated carbocycles. The van der Waals surface area contributed by atoms with Crippen LogP contribution in [0.3, 0.4) is 0 Å². The minimum atomic E-state index is -0.181. The van der Waals surface area contributed by atoms with E-state index in [1.165, 1.54) is 0 Å². The number of benzene rings is 1. The number of aryl methyl sites for hydroxylation is 2. The first-order chi connectivity index (χ1) is 9.51. The lowest BCUT2D eigenvalue weighted by Crippen LogP contribution is -2.16. The van der Waals surface area contributed by atoms with Gasteiger partial charge in [-0.1, -0.05) is 5.16 Å². The molecule has 1 amide bonds. The summed E-state index contributed by atoms with van der Waals surface area (Å²) in [5.41, 5.74) is 8.35. The number of ether oxygens (including phenoxy) is 1. The third kappa shape index (κ3) is 2.90. The predicted octanol–water partition coefficient (Wildman–Crippen LogP) is 2.06. The summed E-state index contributed by atoms with van der Waals surface area (Å²) in [7, 11) is 1.56. The SMILES string of the molecule is COc1ccc(N)c(NC(=O)Cc2c(C)noc2C)c1. The molecule has 2 aromatic rings. The lowest BCUT2D eigenvalue weighted by molar-refractivity contribution is -0.115. The van der Waals surface area contributed by atoms with Crippen LogP contribution in [0, 0.1) is 13.8 Å². The standard InChI is InChI=1S/C14H17N3O3/c1-8-11(9(2)20-17-8)7-14(18)16-13-6-10(19-3)4-5-12(13)15/h4-6H,7,15H2,1-3H3,(H,16,18). The first-order valence-corrected chi connectivity index (χ1v) is 6.16. The Balaban J connectivity index is 2.12. The van der Waals surface area contributed by atoms with Gasteiger partial charge in [0, 0.05) is 11.6 Å². The number of rotatable bonds is 4. The summed E-state index contributed by atoms with van der Waals surface area (Å²) in [6, 6.07) is 5.10. The number of carbonyl (C=O) groups is 1. The van der Waals surface area contributed by atoms with Gasteiger partial charge in [0.1, 0.15) is 11.5 Å². The van der Waals surface area contributed by atoms with Crippen LogP contribution in [0.25, 0.3) is 0 Å². The van der Waals surface area contributed by atoms with Gasteiger partial charge < -0.3 is 20.3 Å². The molecule has 0 atom stereocenters. The quantitative estimate of drug-likeness (QED) is 0.833. The Bertz CT molecular complexity index is 615. The molecule has 1 heterocycles. The Morgan fingerprint density at radius 1 is 1.45 bits per heavy atom. The lowest BCUT2D eigenvalue weighted by atomic mass is 10.1. The van der Waals surface area contributed by atoms with Crippen molar-refractivity contribution >= 4 is 17.3 Å². The molecule has 0 radical (unpaired) electrons. The number of nitrogens with one attached hydrogen (secondary N) is 1. The van der Waals surface area contributed by atoms with E-state index >= 15 is 0 Å². The zero-order valence-corrected chi connectivity index (χ0v) is 11.7. The smallest absolute Gasteiger partial charge is 0.229 e. The van der Waals surface area contributed by atoms with Crippen molar-refractivity contribution in [2.45, 2.75) is 20.3 Å². The molecule has 2 rings (SSSR count). The number of nitrogens with two attached hydrogens (primary N) is 1. The number of nitrogens with zero attached hydrogens (tertiary/aromatic N) is 1. The van der Waals surface area contributed by atoms with E-state index < -0.39 is 0 Å². The maximum Gasteiger partial charge on any atom is 0.229 e. The van der Waals surface area contributed by atoms with E-state index in [4.69, 9.17) is 15.0 Å². The molecule has 0 saturated heterocycles. The first kappa shape index (κ1) is 13.9. The largest absolute Gasteiger partial charge is 0.497 e. The van der Waals surface area contributed by atoms with Crippen LogP contribution in [0.5, 0.6) is 5.75 Å². The predicted molar refractivity (Wildman–Crippen MR) is 75.7 cm³/mol. The summed E-state index contributed by atoms with van der Waals surface area (Å²) in [4.78, 5) is 12.1. The number of carbonyl (C=O) groups excluding carboxylic acids is 1. The third-order valence-electron chi connectivity index (χ3n) is 3.05. The first-order valence-electron chi connectivity index (χ1n) is 6.16. The van der Waals surface area contributed by atoms with Gasteiger partial charge in [-0.2, -0.15) is 0 Å². The topological polar surface area (TPSA) is 90.4 Å². The Morgan fingerprint density at radius 2 is 2.20 bits per heavy atom. The Hall–Kier alpha value is -2.50. The third-order valence-corrected chi connectivity index (χ3v) is 3.05. The van der Waals surface area contributed by atoms with Crippen molar-refractivity contribution in [3.8, 4) is 5.75 Å². The molecule has 3 N–H and O–H groups in total. The van der Waals surface area contributed by atoms with Crippen molar-refractivity contribution in [1.82, 2.24) is 5.16 Å². The maximum atomic E-state index is 12.1. The zero-order valence-electron chi connectivity index (χ0n) is 11.7. The average molecular weight is 275 g/mol. The van der Waals surface area contributed by atoms with E-state index in [0.717, 1.165) is 11.3 Å². The summed E-state index contributed by atoms with van der Waals surface area (Å²) in [5, 5.41) is 6.59. The summed E-state index contributed by atoms with van der Waals surface area (Å²) < 4.78 is 10.1. The summed E-state index contributed by atoms with van der Waals surface area (Å²) >= 11 is 0. The summed E-state index contributed by atoms with van der Waals surface area (Å²) in [5.74, 6) is 1.10. The fourth-order valence-electron chi connectivity index (χ4n) is 1.88. The molecule has 1 aromatic heterocycles. The number of nitrogen functional groups attached to an aromatic ring is 1. The number of methoxy groups -OCH3 is 1. The highest BCUT2D eigenvalue weighted by molar-refractivity contribution is 5.95. The molecular weight excluding hydrogens is 258 g/mol. The molecule has 6 heteroatoms. The minimum Gasteiger partial charge on any atom is -0.497 e. The van der Waals surface area contributed by atoms with Gasteiger partial charge in [0.25, 0.3) is 0 Å². The van der Waals surface area contributed by atoms with Crippen LogP contribution < -0.4 is 15.8 Å². The highest BCUT2D eigenvalue weighted by atomic mass is 16.5. The molecule has 0 aliphatic carbocycles. The van der Waals surface area contributed by atoms with Crippen LogP contribution in [0.4, 0.5) is 11.4 Å². The lowest BCUT2D eigenvalue weighted by Gasteiger charge is -2.09.